The standard InChI is InChI=1S/C21H16BrClFN3O3/c22-15-7-6-12(9-17(15)24)26-21(29)14-3-1-5-18-19(14)30-11-13(10-28)27(18)20-16(23)4-2-8-25-20/h1-9,13,28H,10-11H2,(H,26,29). The first-order chi connectivity index (χ1) is 14.5. The number of aliphatic hydroxyl groups is 1. The van der Waals surface area contributed by atoms with Gasteiger partial charge in [0, 0.05) is 11.9 Å². The van der Waals surface area contributed by atoms with Crippen molar-refractivity contribution in [3.63, 3.8) is 0 Å². The number of para-hydroxylation sites is 1. The number of pyridine rings is 1. The molecule has 0 saturated heterocycles. The molecule has 0 fully saturated rings. The van der Waals surface area contributed by atoms with Gasteiger partial charge in [-0.25, -0.2) is 9.37 Å². The van der Waals surface area contributed by atoms with Crippen molar-refractivity contribution in [1.82, 2.24) is 4.98 Å². The summed E-state index contributed by atoms with van der Waals surface area (Å²) in [6.07, 6.45) is 1.60. The van der Waals surface area contributed by atoms with Crippen molar-refractivity contribution in [2.75, 3.05) is 23.4 Å². The zero-order chi connectivity index (χ0) is 21.3. The summed E-state index contributed by atoms with van der Waals surface area (Å²) in [4.78, 5) is 19.0. The van der Waals surface area contributed by atoms with E-state index in [1.807, 2.05) is 0 Å². The van der Waals surface area contributed by atoms with E-state index in [1.165, 1.54) is 12.1 Å². The SMILES string of the molecule is O=C(Nc1ccc(Br)c(F)c1)c1cccc2c1OCC(CO)N2c1ncccc1Cl. The lowest BCUT2D eigenvalue weighted by molar-refractivity contribution is 0.102. The Morgan fingerprint density at radius 2 is 2.17 bits per heavy atom. The second kappa shape index (κ2) is 8.59. The van der Waals surface area contributed by atoms with Crippen LogP contribution < -0.4 is 15.0 Å². The van der Waals surface area contributed by atoms with Crippen molar-refractivity contribution in [3.8, 4) is 5.75 Å². The van der Waals surface area contributed by atoms with Crippen LogP contribution in [0.4, 0.5) is 21.6 Å². The van der Waals surface area contributed by atoms with E-state index in [2.05, 4.69) is 26.2 Å². The maximum atomic E-state index is 13.8. The number of rotatable bonds is 4. The number of hydrogen-bond acceptors (Lipinski definition) is 5. The number of fused-ring (bicyclic) bond motifs is 1. The summed E-state index contributed by atoms with van der Waals surface area (Å²) in [7, 11) is 0. The van der Waals surface area contributed by atoms with Gasteiger partial charge in [-0.1, -0.05) is 17.7 Å². The topological polar surface area (TPSA) is 74.7 Å². The molecule has 0 spiro atoms. The average Bonchev–Trinajstić information content (AvgIpc) is 2.75. The van der Waals surface area contributed by atoms with Crippen LogP contribution in [-0.2, 0) is 0 Å². The number of halogens is 3. The minimum absolute atomic E-state index is 0.133. The number of aliphatic hydroxyl groups excluding tert-OH is 1. The molecule has 1 aliphatic heterocycles. The Balaban J connectivity index is 1.73. The molecule has 6 nitrogen and oxygen atoms in total. The summed E-state index contributed by atoms with van der Waals surface area (Å²) in [6, 6.07) is 12.4. The van der Waals surface area contributed by atoms with Crippen LogP contribution in [0, 0.1) is 5.82 Å². The molecule has 1 aromatic heterocycles. The number of aromatic nitrogens is 1. The van der Waals surface area contributed by atoms with Gasteiger partial charge in [0.05, 0.1) is 33.4 Å². The lowest BCUT2D eigenvalue weighted by Crippen LogP contribution is -2.43. The van der Waals surface area contributed by atoms with Crippen molar-refractivity contribution in [1.29, 1.82) is 0 Å². The second-order valence-corrected chi connectivity index (χ2v) is 7.82. The monoisotopic (exact) mass is 491 g/mol. The Bertz CT molecular complexity index is 1110. The van der Waals surface area contributed by atoms with Gasteiger partial charge in [-0.05, 0) is 58.4 Å². The highest BCUT2D eigenvalue weighted by atomic mass is 79.9. The van der Waals surface area contributed by atoms with Crippen LogP contribution in [-0.4, -0.2) is 35.3 Å². The highest BCUT2D eigenvalue weighted by Crippen LogP contribution is 2.42. The maximum Gasteiger partial charge on any atom is 0.259 e. The minimum atomic E-state index is -0.485. The first-order valence-corrected chi connectivity index (χ1v) is 10.2. The van der Waals surface area contributed by atoms with E-state index < -0.39 is 17.8 Å². The van der Waals surface area contributed by atoms with Crippen LogP contribution in [0.15, 0.2) is 59.2 Å². The van der Waals surface area contributed by atoms with E-state index >= 15 is 0 Å². The van der Waals surface area contributed by atoms with Crippen LogP contribution in [0.25, 0.3) is 0 Å². The van der Waals surface area contributed by atoms with Gasteiger partial charge in [-0.15, -0.1) is 0 Å². The minimum Gasteiger partial charge on any atom is -0.488 e. The molecule has 1 unspecified atom stereocenters. The summed E-state index contributed by atoms with van der Waals surface area (Å²) in [5.41, 5.74) is 1.13. The van der Waals surface area contributed by atoms with Crippen molar-refractivity contribution in [2.24, 2.45) is 0 Å². The molecule has 2 N–H and O–H groups in total. The first-order valence-electron chi connectivity index (χ1n) is 9.02. The first kappa shape index (κ1) is 20.6. The van der Waals surface area contributed by atoms with Crippen LogP contribution >= 0.6 is 27.5 Å². The van der Waals surface area contributed by atoms with E-state index in [1.54, 1.807) is 47.5 Å². The molecular weight excluding hydrogens is 477 g/mol. The smallest absolute Gasteiger partial charge is 0.259 e. The fraction of sp³-hybridized carbons (Fsp3) is 0.143. The van der Waals surface area contributed by atoms with E-state index in [0.29, 0.717) is 32.4 Å². The summed E-state index contributed by atoms with van der Waals surface area (Å²) < 4.78 is 19.9. The highest BCUT2D eigenvalue weighted by Gasteiger charge is 2.33. The van der Waals surface area contributed by atoms with Gasteiger partial charge in [0.1, 0.15) is 12.4 Å². The molecule has 1 aliphatic rings. The average molecular weight is 493 g/mol. The lowest BCUT2D eigenvalue weighted by atomic mass is 10.1. The Morgan fingerprint density at radius 3 is 2.90 bits per heavy atom. The Kier molecular flexibility index (Phi) is 5.90. The summed E-state index contributed by atoms with van der Waals surface area (Å²) in [6.45, 7) is -0.0610. The van der Waals surface area contributed by atoms with Crippen molar-refractivity contribution < 1.29 is 19.0 Å². The number of anilines is 3. The molecule has 1 atom stereocenters. The maximum absolute atomic E-state index is 13.8. The van der Waals surface area contributed by atoms with Crippen LogP contribution in [0.1, 0.15) is 10.4 Å². The molecule has 0 saturated carbocycles. The number of benzene rings is 2. The Labute approximate surface area is 185 Å². The van der Waals surface area contributed by atoms with Gasteiger partial charge < -0.3 is 20.1 Å². The number of amides is 1. The summed E-state index contributed by atoms with van der Waals surface area (Å²) >= 11 is 9.42. The summed E-state index contributed by atoms with van der Waals surface area (Å²) in [5, 5.41) is 12.9. The molecule has 0 radical (unpaired) electrons. The van der Waals surface area contributed by atoms with E-state index in [-0.39, 0.29) is 18.8 Å². The number of nitrogens with one attached hydrogen (secondary N) is 1. The van der Waals surface area contributed by atoms with Gasteiger partial charge >= 0.3 is 0 Å². The molecular formula is C21H16BrClFN3O3. The summed E-state index contributed by atoms with van der Waals surface area (Å²) in [5.74, 6) is -0.154. The normalized spacial score (nSPS) is 15.3. The second-order valence-electron chi connectivity index (χ2n) is 6.56. The largest absolute Gasteiger partial charge is 0.488 e. The highest BCUT2D eigenvalue weighted by molar-refractivity contribution is 9.10. The van der Waals surface area contributed by atoms with Crippen molar-refractivity contribution in [3.05, 3.63) is 75.6 Å². The molecule has 9 heteroatoms. The molecule has 154 valence electrons. The molecule has 0 bridgehead atoms. The zero-order valence-electron chi connectivity index (χ0n) is 15.5. The third-order valence-corrected chi connectivity index (χ3v) is 5.58. The molecule has 30 heavy (non-hydrogen) atoms. The van der Waals surface area contributed by atoms with E-state index in [0.717, 1.165) is 0 Å². The Morgan fingerprint density at radius 1 is 1.33 bits per heavy atom. The van der Waals surface area contributed by atoms with Gasteiger partial charge in [0.25, 0.3) is 5.91 Å². The molecule has 4 rings (SSSR count). The van der Waals surface area contributed by atoms with Crippen LogP contribution in [0.5, 0.6) is 5.75 Å². The number of ether oxygens (including phenoxy) is 1. The number of carbonyl (C=O) groups is 1. The zero-order valence-corrected chi connectivity index (χ0v) is 17.8. The predicted octanol–water partition coefficient (Wildman–Crippen LogP) is 4.78. The molecule has 0 aliphatic carbocycles. The van der Waals surface area contributed by atoms with E-state index in [4.69, 9.17) is 16.3 Å². The van der Waals surface area contributed by atoms with Gasteiger partial charge in [0.2, 0.25) is 0 Å². The fourth-order valence-corrected chi connectivity index (χ4v) is 3.70. The molecule has 2 aromatic carbocycles. The molecule has 3 aromatic rings. The van der Waals surface area contributed by atoms with E-state index in [9.17, 15) is 14.3 Å². The van der Waals surface area contributed by atoms with Crippen molar-refractivity contribution in [2.45, 2.75) is 6.04 Å². The van der Waals surface area contributed by atoms with Crippen molar-refractivity contribution >= 4 is 50.6 Å². The third kappa shape index (κ3) is 3.86. The predicted molar refractivity (Wildman–Crippen MR) is 116 cm³/mol. The fourth-order valence-electron chi connectivity index (χ4n) is 3.24. The quantitative estimate of drug-likeness (QED) is 0.548. The Hall–Kier alpha value is -2.68. The van der Waals surface area contributed by atoms with Crippen LogP contribution in [0.3, 0.4) is 0 Å². The molecule has 1 amide bonds. The molecule has 2 heterocycles. The number of nitrogens with zero attached hydrogens (tertiary/aromatic N) is 2. The lowest BCUT2D eigenvalue weighted by Gasteiger charge is -2.37. The third-order valence-electron chi connectivity index (χ3n) is 4.64. The van der Waals surface area contributed by atoms with Gasteiger partial charge in [-0.3, -0.25) is 4.79 Å². The number of carbonyl (C=O) groups excluding carboxylic acids is 1. The van der Waals surface area contributed by atoms with Crippen LogP contribution in [0.2, 0.25) is 5.02 Å². The van der Waals surface area contributed by atoms with Gasteiger partial charge in [0.15, 0.2) is 11.6 Å². The van der Waals surface area contributed by atoms with Gasteiger partial charge in [-0.2, -0.15) is 0 Å². The number of hydrogen-bond donors (Lipinski definition) is 2.